The molecular weight excluding hydrogens is 467 g/mol. The van der Waals surface area contributed by atoms with Crippen molar-refractivity contribution in [2.75, 3.05) is 50.0 Å². The first kappa shape index (κ1) is 23.8. The highest BCUT2D eigenvalue weighted by Crippen LogP contribution is 2.27. The first-order valence-electron chi connectivity index (χ1n) is 11.9. The van der Waals surface area contributed by atoms with E-state index in [1.54, 1.807) is 6.07 Å². The summed E-state index contributed by atoms with van der Waals surface area (Å²) >= 11 is 1.31. The largest absolute Gasteiger partial charge is 0.378 e. The highest BCUT2D eigenvalue weighted by Gasteiger charge is 2.25. The van der Waals surface area contributed by atoms with Crippen LogP contribution in [0.2, 0.25) is 0 Å². The molecule has 2 aromatic carbocycles. The topological polar surface area (TPSA) is 75.5 Å². The molecule has 0 bridgehead atoms. The maximum absolute atomic E-state index is 14.0. The number of nitrogens with zero attached hydrogens (tertiary/aromatic N) is 5. The average molecular weight is 497 g/mol. The maximum atomic E-state index is 14.0. The Morgan fingerprint density at radius 2 is 1.91 bits per heavy atom. The Bertz CT molecular complexity index is 1140. The number of nitrogens with one attached hydrogen (secondary N) is 1. The van der Waals surface area contributed by atoms with Crippen LogP contribution in [0.3, 0.4) is 0 Å². The van der Waals surface area contributed by atoms with Crippen molar-refractivity contribution in [1.82, 2.24) is 25.0 Å². The minimum atomic E-state index is -0.334. The fourth-order valence-corrected chi connectivity index (χ4v) is 5.26. The molecule has 8 nitrogen and oxygen atoms in total. The second-order valence-corrected chi connectivity index (χ2v) is 9.70. The molecule has 2 aliphatic rings. The van der Waals surface area contributed by atoms with Gasteiger partial charge < -0.3 is 15.0 Å². The molecule has 1 atom stereocenters. The fourth-order valence-electron chi connectivity index (χ4n) is 4.50. The molecule has 35 heavy (non-hydrogen) atoms. The van der Waals surface area contributed by atoms with Gasteiger partial charge in [0.05, 0.1) is 24.7 Å². The van der Waals surface area contributed by atoms with Gasteiger partial charge in [-0.25, -0.2) is 4.39 Å². The number of halogens is 1. The van der Waals surface area contributed by atoms with Crippen molar-refractivity contribution in [1.29, 1.82) is 0 Å². The van der Waals surface area contributed by atoms with Crippen molar-refractivity contribution < 1.29 is 13.9 Å². The summed E-state index contributed by atoms with van der Waals surface area (Å²) in [6, 6.07) is 16.9. The summed E-state index contributed by atoms with van der Waals surface area (Å²) in [6.07, 6.45) is 0.934. The third kappa shape index (κ3) is 6.01. The van der Waals surface area contributed by atoms with Crippen LogP contribution in [0.4, 0.5) is 10.3 Å². The van der Waals surface area contributed by atoms with Crippen LogP contribution in [0.25, 0.3) is 5.69 Å². The number of benzene rings is 2. The van der Waals surface area contributed by atoms with E-state index in [0.717, 1.165) is 26.1 Å². The fraction of sp³-hybridized carbons (Fsp3) is 0.400. The van der Waals surface area contributed by atoms with E-state index in [1.165, 1.54) is 29.5 Å². The van der Waals surface area contributed by atoms with Crippen LogP contribution in [0.15, 0.2) is 59.8 Å². The molecule has 184 valence electrons. The van der Waals surface area contributed by atoms with Crippen LogP contribution in [0.1, 0.15) is 12.0 Å². The number of carbonyl (C=O) groups is 1. The Kier molecular flexibility index (Phi) is 7.60. The van der Waals surface area contributed by atoms with E-state index in [1.807, 2.05) is 16.7 Å². The van der Waals surface area contributed by atoms with E-state index in [2.05, 4.69) is 49.6 Å². The Hall–Kier alpha value is -2.95. The minimum Gasteiger partial charge on any atom is -0.378 e. The number of aromatic nitrogens is 3. The normalized spacial score (nSPS) is 18.7. The molecule has 1 aromatic heterocycles. The smallest absolute Gasteiger partial charge is 0.232 e. The molecular formula is C25H29FN6O2S. The summed E-state index contributed by atoms with van der Waals surface area (Å²) < 4.78 is 21.3. The highest BCUT2D eigenvalue weighted by atomic mass is 32.2. The summed E-state index contributed by atoms with van der Waals surface area (Å²) in [5.41, 5.74) is 1.91. The van der Waals surface area contributed by atoms with Crippen LogP contribution in [0, 0.1) is 5.82 Å². The van der Waals surface area contributed by atoms with Crippen molar-refractivity contribution in [2.45, 2.75) is 24.2 Å². The monoisotopic (exact) mass is 496 g/mol. The van der Waals surface area contributed by atoms with Gasteiger partial charge in [-0.1, -0.05) is 48.2 Å². The Labute approximate surface area is 208 Å². The number of hydrogen-bond acceptors (Lipinski definition) is 7. The molecule has 3 aromatic rings. The van der Waals surface area contributed by atoms with Crippen LogP contribution in [-0.4, -0.2) is 76.8 Å². The molecule has 1 amide bonds. The van der Waals surface area contributed by atoms with Crippen LogP contribution in [-0.2, 0) is 16.1 Å². The van der Waals surface area contributed by atoms with Crippen molar-refractivity contribution in [3.05, 3.63) is 66.0 Å². The zero-order valence-corrected chi connectivity index (χ0v) is 20.3. The van der Waals surface area contributed by atoms with E-state index < -0.39 is 0 Å². The van der Waals surface area contributed by atoms with Crippen molar-refractivity contribution >= 4 is 23.6 Å². The van der Waals surface area contributed by atoms with Gasteiger partial charge >= 0.3 is 0 Å². The number of carbonyl (C=O) groups excluding carboxylic acids is 1. The molecule has 0 spiro atoms. The first-order chi connectivity index (χ1) is 17.2. The molecule has 2 fully saturated rings. The van der Waals surface area contributed by atoms with Crippen molar-refractivity contribution in [2.24, 2.45) is 0 Å². The number of hydrogen-bond donors (Lipinski definition) is 1. The number of morpholine rings is 1. The van der Waals surface area contributed by atoms with Gasteiger partial charge in [-0.3, -0.25) is 14.3 Å². The average Bonchev–Trinajstić information content (AvgIpc) is 3.50. The van der Waals surface area contributed by atoms with Gasteiger partial charge in [-0.05, 0) is 30.2 Å². The number of amides is 1. The van der Waals surface area contributed by atoms with Gasteiger partial charge in [0.25, 0.3) is 0 Å². The third-order valence-corrected chi connectivity index (χ3v) is 7.12. The van der Waals surface area contributed by atoms with Gasteiger partial charge in [0.15, 0.2) is 5.16 Å². The third-order valence-electron chi connectivity index (χ3n) is 6.20. The lowest BCUT2D eigenvalue weighted by Gasteiger charge is -2.27. The predicted octanol–water partition coefficient (Wildman–Crippen LogP) is 2.73. The molecule has 0 saturated carbocycles. The number of ether oxygens (including phenoxy) is 1. The molecule has 0 radical (unpaired) electrons. The number of likely N-dealkylation sites (tertiary alicyclic amines) is 1. The quantitative estimate of drug-likeness (QED) is 0.481. The summed E-state index contributed by atoms with van der Waals surface area (Å²) in [5.74, 6) is 0.475. The second-order valence-electron chi connectivity index (χ2n) is 8.76. The lowest BCUT2D eigenvalue weighted by Crippen LogP contribution is -2.38. The number of anilines is 1. The highest BCUT2D eigenvalue weighted by molar-refractivity contribution is 7.99. The zero-order chi connectivity index (χ0) is 24.0. The lowest BCUT2D eigenvalue weighted by molar-refractivity contribution is -0.119. The zero-order valence-electron chi connectivity index (χ0n) is 19.5. The molecule has 2 saturated heterocycles. The SMILES string of the molecule is O=C(CSc1nnc(N2CCOCC2)n1-c1cccc(F)c1)NC1CCN(Cc2ccccc2)C1. The first-order valence-corrected chi connectivity index (χ1v) is 12.9. The van der Waals surface area contributed by atoms with Crippen LogP contribution >= 0.6 is 11.8 Å². The maximum Gasteiger partial charge on any atom is 0.232 e. The van der Waals surface area contributed by atoms with E-state index in [-0.39, 0.29) is 23.5 Å². The Morgan fingerprint density at radius 1 is 1.09 bits per heavy atom. The van der Waals surface area contributed by atoms with Gasteiger partial charge in [-0.2, -0.15) is 0 Å². The second kappa shape index (κ2) is 11.2. The summed E-state index contributed by atoms with van der Waals surface area (Å²) in [5, 5.41) is 12.4. The van der Waals surface area contributed by atoms with E-state index in [0.29, 0.717) is 43.1 Å². The van der Waals surface area contributed by atoms with Gasteiger partial charge in [0.1, 0.15) is 5.82 Å². The standard InChI is InChI=1S/C25H29FN6O2S/c26-20-7-4-8-22(15-20)32-24(31-11-13-34-14-12-31)28-29-25(32)35-18-23(33)27-21-9-10-30(17-21)16-19-5-2-1-3-6-19/h1-8,15,21H,9-14,16-18H2,(H,27,33). The van der Waals surface area contributed by atoms with E-state index >= 15 is 0 Å². The van der Waals surface area contributed by atoms with Crippen molar-refractivity contribution in [3.63, 3.8) is 0 Å². The molecule has 10 heteroatoms. The summed E-state index contributed by atoms with van der Waals surface area (Å²) in [7, 11) is 0. The van der Waals surface area contributed by atoms with Crippen LogP contribution < -0.4 is 10.2 Å². The minimum absolute atomic E-state index is 0.0386. The lowest BCUT2D eigenvalue weighted by atomic mass is 10.2. The van der Waals surface area contributed by atoms with Gasteiger partial charge in [-0.15, -0.1) is 10.2 Å². The number of rotatable bonds is 8. The van der Waals surface area contributed by atoms with E-state index in [4.69, 9.17) is 4.74 Å². The summed E-state index contributed by atoms with van der Waals surface area (Å²) in [4.78, 5) is 17.2. The van der Waals surface area contributed by atoms with Crippen molar-refractivity contribution in [3.8, 4) is 5.69 Å². The molecule has 3 heterocycles. The Morgan fingerprint density at radius 3 is 2.71 bits per heavy atom. The molecule has 1 unspecified atom stereocenters. The van der Waals surface area contributed by atoms with Gasteiger partial charge in [0.2, 0.25) is 11.9 Å². The Balaban J connectivity index is 1.21. The molecule has 1 N–H and O–H groups in total. The molecule has 0 aliphatic carbocycles. The predicted molar refractivity (Wildman–Crippen MR) is 133 cm³/mol. The number of thioether (sulfide) groups is 1. The summed E-state index contributed by atoms with van der Waals surface area (Å²) in [6.45, 7) is 5.26. The van der Waals surface area contributed by atoms with Crippen LogP contribution in [0.5, 0.6) is 0 Å². The van der Waals surface area contributed by atoms with E-state index in [9.17, 15) is 9.18 Å². The molecule has 2 aliphatic heterocycles. The molecule has 5 rings (SSSR count). The van der Waals surface area contributed by atoms with Gasteiger partial charge in [0, 0.05) is 38.8 Å².